The fourth-order valence-corrected chi connectivity index (χ4v) is 12.7. The van der Waals surface area contributed by atoms with Crippen molar-refractivity contribution < 1.29 is 147 Å². The Morgan fingerprint density at radius 3 is 1.35 bits per heavy atom. The monoisotopic (exact) mass is 1410 g/mol. The van der Waals surface area contributed by atoms with Gasteiger partial charge in [0.05, 0.1) is 51.8 Å². The van der Waals surface area contributed by atoms with Crippen LogP contribution < -0.4 is 31.3 Å². The van der Waals surface area contributed by atoms with E-state index in [0.717, 1.165) is 53.4 Å². The van der Waals surface area contributed by atoms with Crippen molar-refractivity contribution in [2.45, 2.75) is 271 Å². The molecular formula is C63H101N5O30. The van der Waals surface area contributed by atoms with Crippen LogP contribution in [0.5, 0.6) is 5.75 Å². The molecule has 5 amide bonds. The molecule has 0 saturated carbocycles. The zero-order valence-electron chi connectivity index (χ0n) is 55.7. The number of aliphatic hydroxyl groups excluding tert-OH is 13. The number of hydrogen-bond donors (Lipinski definition) is 18. The summed E-state index contributed by atoms with van der Waals surface area (Å²) >= 11 is 0. The molecule has 558 valence electrons. The summed E-state index contributed by atoms with van der Waals surface area (Å²) in [4.78, 5) is 65.1. The quantitative estimate of drug-likeness (QED) is 0.0243. The lowest BCUT2D eigenvalue weighted by molar-refractivity contribution is -0.368. The van der Waals surface area contributed by atoms with Gasteiger partial charge in [0.25, 0.3) is 5.91 Å². The Kier molecular flexibility index (Phi) is 31.1. The van der Waals surface area contributed by atoms with E-state index in [1.165, 1.54) is 31.9 Å². The molecule has 0 aromatic heterocycles. The van der Waals surface area contributed by atoms with Gasteiger partial charge in [-0.3, -0.25) is 24.0 Å². The van der Waals surface area contributed by atoms with E-state index in [1.54, 1.807) is 19.1 Å². The Bertz CT molecular complexity index is 2710. The lowest BCUT2D eigenvalue weighted by atomic mass is 9.91. The van der Waals surface area contributed by atoms with Gasteiger partial charge in [-0.2, -0.15) is 0 Å². The second-order valence-corrected chi connectivity index (χ2v) is 25.4. The van der Waals surface area contributed by atoms with Crippen molar-refractivity contribution >= 4 is 29.5 Å². The van der Waals surface area contributed by atoms with E-state index < -0.39 is 246 Å². The van der Waals surface area contributed by atoms with Gasteiger partial charge >= 0.3 is 0 Å². The average molecular weight is 1410 g/mol. The van der Waals surface area contributed by atoms with Crippen molar-refractivity contribution in [3.8, 4) is 5.75 Å². The van der Waals surface area contributed by atoms with E-state index in [0.29, 0.717) is 18.8 Å². The summed E-state index contributed by atoms with van der Waals surface area (Å²) in [7, 11) is 0. The zero-order valence-corrected chi connectivity index (χ0v) is 55.7. The maximum absolute atomic E-state index is 13.9. The van der Waals surface area contributed by atoms with Crippen LogP contribution in [0, 0.1) is 5.92 Å². The Morgan fingerprint density at radius 1 is 0.459 bits per heavy atom. The lowest BCUT2D eigenvalue weighted by Gasteiger charge is -2.51. The van der Waals surface area contributed by atoms with Crippen LogP contribution in [0.1, 0.15) is 104 Å². The van der Waals surface area contributed by atoms with Crippen LogP contribution in [0.15, 0.2) is 36.4 Å². The zero-order chi connectivity index (χ0) is 71.8. The average Bonchev–Trinajstić information content (AvgIpc) is 0.771. The number of allylic oxidation sites excluding steroid dienone is 2. The van der Waals surface area contributed by atoms with E-state index in [9.17, 15) is 90.4 Å². The summed E-state index contributed by atoms with van der Waals surface area (Å²) < 4.78 is 72.5. The first-order chi connectivity index (χ1) is 46.7. The molecule has 35 nitrogen and oxygen atoms in total. The van der Waals surface area contributed by atoms with Crippen molar-refractivity contribution in [2.24, 2.45) is 5.92 Å². The molecule has 0 radical (unpaired) electrons. The number of aliphatic hydroxyl groups is 13. The third-order valence-corrected chi connectivity index (χ3v) is 18.0. The minimum Gasteiger partial charge on any atom is -0.494 e. The first-order valence-corrected chi connectivity index (χ1v) is 33.2. The molecule has 35 heteroatoms. The van der Waals surface area contributed by atoms with Gasteiger partial charge in [0.15, 0.2) is 37.7 Å². The highest BCUT2D eigenvalue weighted by Gasteiger charge is 2.58. The standard InChI is InChI=1S/C63H101N5O30/c1-8-9-10-11-12-13-14-15-16-20-87-34-19-17-18-33(21-34)57(85)68-41-48(80)47(79)35(22-69)91-59(41)95-53-36(23-70)92-60(42(50(53)82)65-30(5)74)96-54-37(24-71)93-61(43(51(54)83)66-31(6)75)97-55-38(25-72)94-62(44(52(55)84)67-32(7)76)98-56-39(90-58(86)40(49(56)81)64-29(4)73)26-88-63-46(78)27(2)45(77)28(3)89-63/h13-14,17-19,21,27-28,35-56,58-63,69-72,77-84,86H,8-12,15-16,20,22-26H2,1-7H3,(H,64,73)(H,65,74)(H,66,75)(H,67,76)(H,68,85)/b14-13-/t27-,28?,35?,36-,37?,38-,39?,40-,41-,42?,43-,44?,45?,46+,47+,48?,49?,50?,51?,52?,53+,54?,55+,56?,58?,59-,60?,61-,62?,63+/m0/s1. The molecule has 30 atom stereocenters. The SMILES string of the molecule is CCCCCC/C=C\CCCOc1cccc(C(=O)N[C@H]2C(O)[C@H](O)C(CO)O[C@H]2O[C@H]2C(O)C(NC(C)=O)C(OC3C(CO)O[C@@H](O[C@H]4C(O)C(NC(C)=O)C(OC5C(CO[C@@H]6OC(C)C(O)[C@H](C)[C@H]6O)OC(O)[C@@H](NC(C)=O)C5O)O[C@H]4CO)[C@@H](NC(C)=O)C3O)O[C@H]2CO)c1. The number of amides is 5. The van der Waals surface area contributed by atoms with E-state index in [-0.39, 0.29) is 5.56 Å². The van der Waals surface area contributed by atoms with Crippen LogP contribution in [0.3, 0.4) is 0 Å². The van der Waals surface area contributed by atoms with Crippen LogP contribution >= 0.6 is 0 Å². The molecule has 98 heavy (non-hydrogen) atoms. The molecule has 6 fully saturated rings. The Morgan fingerprint density at radius 2 is 0.888 bits per heavy atom. The fraction of sp³-hybridized carbons (Fsp3) is 0.794. The van der Waals surface area contributed by atoms with Gasteiger partial charge in [-0.1, -0.05) is 51.3 Å². The van der Waals surface area contributed by atoms with Gasteiger partial charge < -0.3 is 150 Å². The summed E-state index contributed by atoms with van der Waals surface area (Å²) in [5.41, 5.74) is 0.0501. The first kappa shape index (κ1) is 80.5. The highest BCUT2D eigenvalue weighted by molar-refractivity contribution is 5.94. The highest BCUT2D eigenvalue weighted by atomic mass is 16.8. The van der Waals surface area contributed by atoms with Crippen LogP contribution in [0.25, 0.3) is 0 Å². The maximum atomic E-state index is 13.9. The van der Waals surface area contributed by atoms with E-state index in [2.05, 4.69) is 45.7 Å². The van der Waals surface area contributed by atoms with Crippen molar-refractivity contribution in [3.63, 3.8) is 0 Å². The molecule has 6 aliphatic heterocycles. The molecule has 18 N–H and O–H groups in total. The second-order valence-electron chi connectivity index (χ2n) is 25.4. The van der Waals surface area contributed by atoms with Gasteiger partial charge in [0, 0.05) is 39.2 Å². The summed E-state index contributed by atoms with van der Waals surface area (Å²) in [6.07, 6.45) is -29.9. The van der Waals surface area contributed by atoms with Crippen LogP contribution in [0.4, 0.5) is 0 Å². The topological polar surface area (TPSA) is 519 Å². The molecule has 0 aliphatic carbocycles. The maximum Gasteiger partial charge on any atom is 0.251 e. The molecule has 6 aliphatic rings. The molecule has 1 aromatic rings. The number of ether oxygens (including phenoxy) is 12. The highest BCUT2D eigenvalue weighted by Crippen LogP contribution is 2.37. The largest absolute Gasteiger partial charge is 0.494 e. The van der Waals surface area contributed by atoms with E-state index in [4.69, 9.17) is 56.8 Å². The van der Waals surface area contributed by atoms with Gasteiger partial charge in [-0.25, -0.2) is 0 Å². The van der Waals surface area contributed by atoms with Crippen molar-refractivity contribution in [3.05, 3.63) is 42.0 Å². The Hall–Kier alpha value is -4.85. The van der Waals surface area contributed by atoms with Gasteiger partial charge in [-0.05, 0) is 50.8 Å². The lowest BCUT2D eigenvalue weighted by Crippen LogP contribution is -2.72. The molecule has 1 aromatic carbocycles. The minimum absolute atomic E-state index is 0.0501. The van der Waals surface area contributed by atoms with Crippen LogP contribution in [0.2, 0.25) is 0 Å². The molecule has 0 bridgehead atoms. The number of carbonyl (C=O) groups is 5. The molecule has 6 heterocycles. The Balaban J connectivity index is 1.07. The van der Waals surface area contributed by atoms with Gasteiger partial charge in [0.1, 0.15) is 134 Å². The third-order valence-electron chi connectivity index (χ3n) is 18.0. The Labute approximate surface area is 566 Å². The summed E-state index contributed by atoms with van der Waals surface area (Å²) in [6.45, 7) is 5.23. The summed E-state index contributed by atoms with van der Waals surface area (Å²) in [5.74, 6) is -4.38. The number of rotatable bonds is 31. The van der Waals surface area contributed by atoms with Crippen molar-refractivity contribution in [1.29, 1.82) is 0 Å². The first-order valence-electron chi connectivity index (χ1n) is 33.2. The normalized spacial score (nSPS) is 39.9. The van der Waals surface area contributed by atoms with Gasteiger partial charge in [0.2, 0.25) is 23.6 Å². The summed E-state index contributed by atoms with van der Waals surface area (Å²) in [5, 5.41) is 159. The second kappa shape index (κ2) is 37.9. The molecule has 0 spiro atoms. The molecule has 17 unspecified atom stereocenters. The van der Waals surface area contributed by atoms with Gasteiger partial charge in [-0.15, -0.1) is 0 Å². The van der Waals surface area contributed by atoms with Crippen molar-refractivity contribution in [2.75, 3.05) is 39.6 Å². The number of hydrogen-bond acceptors (Lipinski definition) is 30. The smallest absolute Gasteiger partial charge is 0.251 e. The fourth-order valence-electron chi connectivity index (χ4n) is 12.7. The predicted molar refractivity (Wildman–Crippen MR) is 332 cm³/mol. The number of benzene rings is 1. The minimum atomic E-state index is -2.06. The molecular weight excluding hydrogens is 1310 g/mol. The third kappa shape index (κ3) is 20.5. The van der Waals surface area contributed by atoms with Crippen molar-refractivity contribution in [1.82, 2.24) is 26.6 Å². The van der Waals surface area contributed by atoms with Crippen LogP contribution in [-0.2, 0) is 71.3 Å². The number of carbonyl (C=O) groups excluding carboxylic acids is 5. The summed E-state index contributed by atoms with van der Waals surface area (Å²) in [6, 6.07) is -2.40. The number of nitrogens with one attached hydrogen (secondary N) is 5. The predicted octanol–water partition coefficient (Wildman–Crippen LogP) is -6.10. The number of unbranched alkanes of at least 4 members (excludes halogenated alkanes) is 5. The van der Waals surface area contributed by atoms with E-state index in [1.807, 2.05) is 0 Å². The van der Waals surface area contributed by atoms with E-state index >= 15 is 0 Å². The van der Waals surface area contributed by atoms with Crippen LogP contribution in [-0.4, -0.2) is 313 Å². The molecule has 6 saturated heterocycles. The molecule has 7 rings (SSSR count).